The van der Waals surface area contributed by atoms with E-state index in [0.717, 1.165) is 33.8 Å². The molecule has 0 aliphatic carbocycles. The van der Waals surface area contributed by atoms with Crippen LogP contribution in [0.4, 0.5) is 5.13 Å². The highest BCUT2D eigenvalue weighted by molar-refractivity contribution is 7.89. The molecule has 10 heteroatoms. The normalized spacial score (nSPS) is 14.9. The van der Waals surface area contributed by atoms with Crippen molar-refractivity contribution >= 4 is 54.2 Å². The second-order valence-corrected chi connectivity index (χ2v) is 12.0. The molecule has 0 bridgehead atoms. The standard InChI is InChI=1S/C24H29ClN4O3S2/c1-4-5-12-27(3)34(31,32)19-8-6-18(7-9-19)23(30)28-13-15-29(16-14-28)24-26-22-17(2)20(25)10-11-21(22)33-24/h6-11H,4-5,12-16H2,1-3H3. The van der Waals surface area contributed by atoms with Gasteiger partial charge >= 0.3 is 0 Å². The van der Waals surface area contributed by atoms with Gasteiger partial charge in [-0.25, -0.2) is 17.7 Å². The molecular weight excluding hydrogens is 492 g/mol. The molecule has 2 heterocycles. The van der Waals surface area contributed by atoms with Crippen molar-refractivity contribution < 1.29 is 13.2 Å². The van der Waals surface area contributed by atoms with Gasteiger partial charge in [-0.1, -0.05) is 36.3 Å². The van der Waals surface area contributed by atoms with Crippen molar-refractivity contribution in [1.82, 2.24) is 14.2 Å². The first-order valence-electron chi connectivity index (χ1n) is 11.4. The Balaban J connectivity index is 1.40. The number of amides is 1. The number of aromatic nitrogens is 1. The fourth-order valence-corrected chi connectivity index (χ4v) is 6.40. The third-order valence-corrected chi connectivity index (χ3v) is 9.57. The number of aryl methyl sites for hydroxylation is 1. The zero-order valence-electron chi connectivity index (χ0n) is 19.6. The van der Waals surface area contributed by atoms with Crippen LogP contribution in [-0.2, 0) is 10.0 Å². The molecule has 0 radical (unpaired) electrons. The number of anilines is 1. The van der Waals surface area contributed by atoms with E-state index in [1.165, 1.54) is 16.4 Å². The van der Waals surface area contributed by atoms with Crippen molar-refractivity contribution in [3.63, 3.8) is 0 Å². The van der Waals surface area contributed by atoms with E-state index in [0.29, 0.717) is 43.3 Å². The Morgan fingerprint density at radius 3 is 2.44 bits per heavy atom. The van der Waals surface area contributed by atoms with Crippen LogP contribution in [0, 0.1) is 6.92 Å². The Labute approximate surface area is 210 Å². The van der Waals surface area contributed by atoms with Gasteiger partial charge in [-0.05, 0) is 55.3 Å². The summed E-state index contributed by atoms with van der Waals surface area (Å²) in [5.74, 6) is -0.0881. The number of halogens is 1. The lowest BCUT2D eigenvalue weighted by atomic mass is 10.2. The van der Waals surface area contributed by atoms with E-state index in [1.807, 2.05) is 30.9 Å². The Kier molecular flexibility index (Phi) is 7.47. The number of hydrogen-bond donors (Lipinski definition) is 0. The van der Waals surface area contributed by atoms with E-state index < -0.39 is 10.0 Å². The summed E-state index contributed by atoms with van der Waals surface area (Å²) in [6, 6.07) is 10.2. The molecule has 1 aromatic heterocycles. The van der Waals surface area contributed by atoms with Gasteiger partial charge in [-0.3, -0.25) is 4.79 Å². The van der Waals surface area contributed by atoms with Gasteiger partial charge in [-0.15, -0.1) is 0 Å². The van der Waals surface area contributed by atoms with Crippen LogP contribution in [0.15, 0.2) is 41.3 Å². The van der Waals surface area contributed by atoms with Gasteiger partial charge in [-0.2, -0.15) is 0 Å². The van der Waals surface area contributed by atoms with Gasteiger partial charge < -0.3 is 9.80 Å². The molecule has 1 aliphatic heterocycles. The number of piperazine rings is 1. The van der Waals surface area contributed by atoms with Crippen molar-refractivity contribution in [2.24, 2.45) is 0 Å². The largest absolute Gasteiger partial charge is 0.345 e. The van der Waals surface area contributed by atoms with E-state index in [9.17, 15) is 13.2 Å². The van der Waals surface area contributed by atoms with Crippen LogP contribution in [-0.4, -0.2) is 68.3 Å². The maximum atomic E-state index is 13.0. The molecule has 1 aliphatic rings. The molecule has 1 fully saturated rings. The zero-order valence-corrected chi connectivity index (χ0v) is 22.0. The molecule has 2 aromatic carbocycles. The van der Waals surface area contributed by atoms with Gasteiger partial charge in [0.15, 0.2) is 5.13 Å². The first-order valence-corrected chi connectivity index (χ1v) is 14.0. The smallest absolute Gasteiger partial charge is 0.253 e. The van der Waals surface area contributed by atoms with Gasteiger partial charge in [0, 0.05) is 50.4 Å². The molecular formula is C24H29ClN4O3S2. The zero-order chi connectivity index (χ0) is 24.5. The predicted octanol–water partition coefficient (Wildman–Crippen LogP) is 4.64. The molecule has 4 rings (SSSR count). The Morgan fingerprint density at radius 1 is 1.12 bits per heavy atom. The Bertz CT molecular complexity index is 1280. The van der Waals surface area contributed by atoms with Gasteiger partial charge in [0.1, 0.15) is 0 Å². The summed E-state index contributed by atoms with van der Waals surface area (Å²) in [5, 5.41) is 1.65. The number of fused-ring (bicyclic) bond motifs is 1. The summed E-state index contributed by atoms with van der Waals surface area (Å²) in [6.07, 6.45) is 1.73. The summed E-state index contributed by atoms with van der Waals surface area (Å²) >= 11 is 7.87. The van der Waals surface area contributed by atoms with Crippen LogP contribution >= 0.6 is 22.9 Å². The van der Waals surface area contributed by atoms with Crippen molar-refractivity contribution in [1.29, 1.82) is 0 Å². The lowest BCUT2D eigenvalue weighted by molar-refractivity contribution is 0.0746. The van der Waals surface area contributed by atoms with Crippen molar-refractivity contribution in [2.45, 2.75) is 31.6 Å². The molecule has 7 nitrogen and oxygen atoms in total. The highest BCUT2D eigenvalue weighted by atomic mass is 35.5. The minimum Gasteiger partial charge on any atom is -0.345 e. The van der Waals surface area contributed by atoms with Crippen LogP contribution in [0.25, 0.3) is 10.2 Å². The fraction of sp³-hybridized carbons (Fsp3) is 0.417. The van der Waals surface area contributed by atoms with E-state index in [2.05, 4.69) is 4.90 Å². The number of sulfonamides is 1. The van der Waals surface area contributed by atoms with E-state index >= 15 is 0 Å². The van der Waals surface area contributed by atoms with Crippen LogP contribution in [0.1, 0.15) is 35.7 Å². The monoisotopic (exact) mass is 520 g/mol. The van der Waals surface area contributed by atoms with E-state index in [-0.39, 0.29) is 10.8 Å². The maximum Gasteiger partial charge on any atom is 0.253 e. The number of carbonyl (C=O) groups is 1. The molecule has 1 amide bonds. The van der Waals surface area contributed by atoms with Crippen LogP contribution in [0.2, 0.25) is 5.02 Å². The molecule has 3 aromatic rings. The topological polar surface area (TPSA) is 73.8 Å². The summed E-state index contributed by atoms with van der Waals surface area (Å²) in [6.45, 7) is 7.01. The predicted molar refractivity (Wildman–Crippen MR) is 139 cm³/mol. The second kappa shape index (κ2) is 10.2. The number of thiazole rings is 1. The molecule has 0 unspecified atom stereocenters. The van der Waals surface area contributed by atoms with Crippen molar-refractivity contribution in [2.75, 3.05) is 44.7 Å². The summed E-state index contributed by atoms with van der Waals surface area (Å²) in [7, 11) is -1.96. The molecule has 0 spiro atoms. The lowest BCUT2D eigenvalue weighted by Crippen LogP contribution is -2.48. The summed E-state index contributed by atoms with van der Waals surface area (Å²) in [4.78, 5) is 22.0. The van der Waals surface area contributed by atoms with E-state index in [4.69, 9.17) is 16.6 Å². The van der Waals surface area contributed by atoms with Crippen LogP contribution in [0.5, 0.6) is 0 Å². The minimum atomic E-state index is -3.55. The molecule has 0 saturated carbocycles. The van der Waals surface area contributed by atoms with Crippen LogP contribution in [0.3, 0.4) is 0 Å². The lowest BCUT2D eigenvalue weighted by Gasteiger charge is -2.34. The first-order chi connectivity index (χ1) is 16.2. The van der Waals surface area contributed by atoms with Gasteiger partial charge in [0.05, 0.1) is 15.1 Å². The Morgan fingerprint density at radius 2 is 1.79 bits per heavy atom. The average Bonchev–Trinajstić information content (AvgIpc) is 3.29. The highest BCUT2D eigenvalue weighted by Crippen LogP contribution is 2.34. The molecule has 0 atom stereocenters. The summed E-state index contributed by atoms with van der Waals surface area (Å²) < 4.78 is 27.9. The number of nitrogens with zero attached hydrogens (tertiary/aromatic N) is 4. The van der Waals surface area contributed by atoms with Crippen molar-refractivity contribution in [3.8, 4) is 0 Å². The number of carbonyl (C=O) groups excluding carboxylic acids is 1. The molecule has 34 heavy (non-hydrogen) atoms. The fourth-order valence-electron chi connectivity index (χ4n) is 3.96. The number of hydrogen-bond acceptors (Lipinski definition) is 6. The quantitative estimate of drug-likeness (QED) is 0.453. The molecule has 182 valence electrons. The third kappa shape index (κ3) is 4.93. The highest BCUT2D eigenvalue weighted by Gasteiger charge is 2.25. The minimum absolute atomic E-state index is 0.0881. The first kappa shape index (κ1) is 24.9. The molecule has 0 N–H and O–H groups in total. The van der Waals surface area contributed by atoms with Crippen LogP contribution < -0.4 is 4.90 Å². The van der Waals surface area contributed by atoms with Crippen molar-refractivity contribution in [3.05, 3.63) is 52.5 Å². The Hall–Kier alpha value is -2.20. The number of rotatable bonds is 7. The summed E-state index contributed by atoms with van der Waals surface area (Å²) in [5.41, 5.74) is 2.41. The third-order valence-electron chi connectivity index (χ3n) is 6.21. The number of benzene rings is 2. The molecule has 1 saturated heterocycles. The maximum absolute atomic E-state index is 13.0. The SMILES string of the molecule is CCCCN(C)S(=O)(=O)c1ccc(C(=O)N2CCN(c3nc4c(C)c(Cl)ccc4s3)CC2)cc1. The number of unbranched alkanes of at least 4 members (excludes halogenated alkanes) is 1. The average molecular weight is 521 g/mol. The second-order valence-electron chi connectivity index (χ2n) is 8.50. The van der Waals surface area contributed by atoms with Gasteiger partial charge in [0.2, 0.25) is 10.0 Å². The van der Waals surface area contributed by atoms with E-state index in [1.54, 1.807) is 30.5 Å². The van der Waals surface area contributed by atoms with Gasteiger partial charge in [0.25, 0.3) is 5.91 Å².